The lowest BCUT2D eigenvalue weighted by atomic mass is 9.97. The summed E-state index contributed by atoms with van der Waals surface area (Å²) in [6.07, 6.45) is 1.72. The highest BCUT2D eigenvalue weighted by Crippen LogP contribution is 2.27. The largest absolute Gasteiger partial charge is 0.271 e. The maximum Gasteiger partial charge on any atom is 0.271 e. The van der Waals surface area contributed by atoms with Gasteiger partial charge < -0.3 is 0 Å². The highest BCUT2D eigenvalue weighted by Gasteiger charge is 2.07. The van der Waals surface area contributed by atoms with E-state index >= 15 is 0 Å². The molecule has 0 atom stereocenters. The molecule has 126 valence electrons. The van der Waals surface area contributed by atoms with Crippen LogP contribution in [0.1, 0.15) is 15.9 Å². The van der Waals surface area contributed by atoms with E-state index in [-0.39, 0.29) is 5.91 Å². The molecular weight excluding hydrogens is 388 g/mol. The second-order valence-corrected chi connectivity index (χ2v) is 6.86. The topological polar surface area (TPSA) is 41.5 Å². The molecule has 3 nitrogen and oxygen atoms in total. The molecule has 0 aliphatic carbocycles. The van der Waals surface area contributed by atoms with Crippen LogP contribution in [0, 0.1) is 0 Å². The fraction of sp³-hybridized carbons (Fsp3) is 0. The summed E-state index contributed by atoms with van der Waals surface area (Å²) < 4.78 is 0.856. The Morgan fingerprint density at radius 3 is 2.15 bits per heavy atom. The number of rotatable bonds is 3. The molecule has 4 heteroatoms. The fourth-order valence-electron chi connectivity index (χ4n) is 3.04. The summed E-state index contributed by atoms with van der Waals surface area (Å²) >= 11 is 3.37. The van der Waals surface area contributed by atoms with Crippen LogP contribution in [0.15, 0.2) is 88.4 Å². The van der Waals surface area contributed by atoms with Crippen LogP contribution in [0.4, 0.5) is 0 Å². The van der Waals surface area contributed by atoms with Gasteiger partial charge in [0.15, 0.2) is 0 Å². The number of hydrazone groups is 1. The summed E-state index contributed by atoms with van der Waals surface area (Å²) in [6, 6.07) is 25.7. The molecule has 0 heterocycles. The molecule has 0 spiro atoms. The Hall–Kier alpha value is -2.98. The molecule has 4 aromatic carbocycles. The third kappa shape index (κ3) is 3.24. The number of benzene rings is 4. The molecule has 1 amide bonds. The van der Waals surface area contributed by atoms with Gasteiger partial charge in [0.1, 0.15) is 0 Å². The van der Waals surface area contributed by atoms with Crippen molar-refractivity contribution in [3.63, 3.8) is 0 Å². The number of carbonyl (C=O) groups excluding carboxylic acids is 1. The molecule has 0 aromatic heterocycles. The van der Waals surface area contributed by atoms with Crippen molar-refractivity contribution in [1.29, 1.82) is 0 Å². The summed E-state index contributed by atoms with van der Waals surface area (Å²) in [5, 5.41) is 8.70. The normalized spacial score (nSPS) is 11.3. The minimum Gasteiger partial charge on any atom is -0.267 e. The van der Waals surface area contributed by atoms with Gasteiger partial charge in [0, 0.05) is 15.6 Å². The van der Waals surface area contributed by atoms with E-state index in [0.29, 0.717) is 5.56 Å². The van der Waals surface area contributed by atoms with Gasteiger partial charge >= 0.3 is 0 Å². The standard InChI is InChI=1S/C22H15BrN2O/c23-18-9-5-8-17(13-18)22(26)25-24-14-21-19-10-3-1-6-15(19)12-16-7-2-4-11-20(16)21/h1-14H,(H,25,26). The number of fused-ring (bicyclic) bond motifs is 2. The van der Waals surface area contributed by atoms with E-state index in [1.807, 2.05) is 36.4 Å². The Bertz CT molecular complexity index is 1100. The zero-order valence-electron chi connectivity index (χ0n) is 13.8. The van der Waals surface area contributed by atoms with E-state index in [9.17, 15) is 4.79 Å². The van der Waals surface area contributed by atoms with E-state index in [4.69, 9.17) is 0 Å². The highest BCUT2D eigenvalue weighted by atomic mass is 79.9. The van der Waals surface area contributed by atoms with Crippen molar-refractivity contribution in [1.82, 2.24) is 5.43 Å². The van der Waals surface area contributed by atoms with Crippen molar-refractivity contribution < 1.29 is 4.79 Å². The lowest BCUT2D eigenvalue weighted by molar-refractivity contribution is 0.0955. The monoisotopic (exact) mass is 402 g/mol. The molecule has 0 saturated carbocycles. The van der Waals surface area contributed by atoms with Gasteiger partial charge in [-0.2, -0.15) is 5.10 Å². The van der Waals surface area contributed by atoms with Gasteiger partial charge in [-0.3, -0.25) is 4.79 Å². The summed E-state index contributed by atoms with van der Waals surface area (Å²) in [6.45, 7) is 0. The van der Waals surface area contributed by atoms with Crippen molar-refractivity contribution in [2.24, 2.45) is 5.10 Å². The van der Waals surface area contributed by atoms with Crippen molar-refractivity contribution >= 4 is 49.6 Å². The van der Waals surface area contributed by atoms with Crippen LogP contribution in [-0.2, 0) is 0 Å². The number of hydrogen-bond donors (Lipinski definition) is 1. The van der Waals surface area contributed by atoms with Crippen LogP contribution in [0.2, 0.25) is 0 Å². The van der Waals surface area contributed by atoms with Gasteiger partial charge in [-0.15, -0.1) is 0 Å². The molecule has 0 unspecified atom stereocenters. The highest BCUT2D eigenvalue weighted by molar-refractivity contribution is 9.10. The fourth-order valence-corrected chi connectivity index (χ4v) is 3.44. The van der Waals surface area contributed by atoms with E-state index in [1.165, 1.54) is 0 Å². The van der Waals surface area contributed by atoms with Gasteiger partial charge in [0.05, 0.1) is 6.21 Å². The van der Waals surface area contributed by atoms with Gasteiger partial charge in [-0.25, -0.2) is 5.43 Å². The third-order valence-electron chi connectivity index (χ3n) is 4.26. The molecule has 0 aliphatic rings. The summed E-state index contributed by atoms with van der Waals surface area (Å²) in [5.74, 6) is -0.243. The van der Waals surface area contributed by atoms with Crippen molar-refractivity contribution in [3.05, 3.63) is 94.5 Å². The van der Waals surface area contributed by atoms with Gasteiger partial charge in [-0.05, 0) is 45.8 Å². The number of halogens is 1. The van der Waals surface area contributed by atoms with E-state index < -0.39 is 0 Å². The predicted octanol–water partition coefficient (Wildman–Crippen LogP) is 5.52. The Morgan fingerprint density at radius 2 is 1.50 bits per heavy atom. The predicted molar refractivity (Wildman–Crippen MR) is 111 cm³/mol. The average molecular weight is 403 g/mol. The van der Waals surface area contributed by atoms with Crippen molar-refractivity contribution in [3.8, 4) is 0 Å². The van der Waals surface area contributed by atoms with Crippen LogP contribution >= 0.6 is 15.9 Å². The quantitative estimate of drug-likeness (QED) is 0.273. The second kappa shape index (κ2) is 7.10. The molecule has 0 fully saturated rings. The van der Waals surface area contributed by atoms with Crippen molar-refractivity contribution in [2.45, 2.75) is 0 Å². The van der Waals surface area contributed by atoms with Gasteiger partial charge in [0.2, 0.25) is 0 Å². The Kier molecular flexibility index (Phi) is 4.50. The van der Waals surface area contributed by atoms with E-state index in [1.54, 1.807) is 18.3 Å². The molecular formula is C22H15BrN2O. The van der Waals surface area contributed by atoms with E-state index in [0.717, 1.165) is 31.6 Å². The third-order valence-corrected chi connectivity index (χ3v) is 4.75. The first kappa shape index (κ1) is 16.5. The second-order valence-electron chi connectivity index (χ2n) is 5.94. The Morgan fingerprint density at radius 1 is 0.846 bits per heavy atom. The van der Waals surface area contributed by atoms with Crippen LogP contribution in [0.5, 0.6) is 0 Å². The SMILES string of the molecule is O=C(NN=Cc1c2ccccc2cc2ccccc12)c1cccc(Br)c1. The summed E-state index contributed by atoms with van der Waals surface area (Å²) in [4.78, 5) is 12.3. The van der Waals surface area contributed by atoms with Crippen LogP contribution < -0.4 is 5.43 Å². The van der Waals surface area contributed by atoms with Crippen LogP contribution in [-0.4, -0.2) is 12.1 Å². The minimum absolute atomic E-state index is 0.243. The minimum atomic E-state index is -0.243. The lowest BCUT2D eigenvalue weighted by Crippen LogP contribution is -2.17. The smallest absolute Gasteiger partial charge is 0.267 e. The number of nitrogens with zero attached hydrogens (tertiary/aromatic N) is 1. The molecule has 0 aliphatic heterocycles. The molecule has 4 rings (SSSR count). The molecule has 0 radical (unpaired) electrons. The maximum absolute atomic E-state index is 12.3. The molecule has 1 N–H and O–H groups in total. The zero-order valence-corrected chi connectivity index (χ0v) is 15.4. The average Bonchev–Trinajstić information content (AvgIpc) is 2.67. The van der Waals surface area contributed by atoms with Gasteiger partial charge in [-0.1, -0.05) is 70.5 Å². The van der Waals surface area contributed by atoms with Crippen LogP contribution in [0.25, 0.3) is 21.5 Å². The number of amides is 1. The first-order chi connectivity index (χ1) is 12.7. The summed E-state index contributed by atoms with van der Waals surface area (Å²) in [7, 11) is 0. The molecule has 0 saturated heterocycles. The molecule has 26 heavy (non-hydrogen) atoms. The first-order valence-electron chi connectivity index (χ1n) is 8.22. The molecule has 0 bridgehead atoms. The first-order valence-corrected chi connectivity index (χ1v) is 9.01. The number of nitrogens with one attached hydrogen (secondary N) is 1. The molecule has 4 aromatic rings. The van der Waals surface area contributed by atoms with Crippen LogP contribution in [0.3, 0.4) is 0 Å². The number of carbonyl (C=O) groups is 1. The van der Waals surface area contributed by atoms with Crippen molar-refractivity contribution in [2.75, 3.05) is 0 Å². The number of hydrogen-bond acceptors (Lipinski definition) is 2. The summed E-state index contributed by atoms with van der Waals surface area (Å²) in [5.41, 5.74) is 4.16. The van der Waals surface area contributed by atoms with E-state index in [2.05, 4.69) is 56.8 Å². The van der Waals surface area contributed by atoms with Gasteiger partial charge in [0.25, 0.3) is 5.91 Å². The Labute approximate surface area is 159 Å². The Balaban J connectivity index is 1.71. The lowest BCUT2D eigenvalue weighted by Gasteiger charge is -2.08. The maximum atomic E-state index is 12.3. The zero-order chi connectivity index (χ0) is 17.9.